The van der Waals surface area contributed by atoms with E-state index in [1.807, 2.05) is 0 Å². The molecule has 0 unspecified atom stereocenters. The van der Waals surface area contributed by atoms with E-state index in [0.717, 1.165) is 13.8 Å². The topological polar surface area (TPSA) is 419 Å². The molecule has 3 rings (SSSR count). The third kappa shape index (κ3) is 15.0. The minimum absolute atomic E-state index is 0.0349. The second kappa shape index (κ2) is 24.2. The molecule has 3 aliphatic rings. The highest BCUT2D eigenvalue weighted by Gasteiger charge is 2.56. The summed E-state index contributed by atoms with van der Waals surface area (Å²) >= 11 is 0. The Morgan fingerprint density at radius 1 is 0.703 bits per heavy atom. The van der Waals surface area contributed by atoms with Crippen LogP contribution in [0.25, 0.3) is 0 Å². The number of nitrogens with one attached hydrogen (secondary N) is 6. The molecule has 6 amide bonds. The summed E-state index contributed by atoms with van der Waals surface area (Å²) in [7, 11) is 0. The fourth-order valence-electron chi connectivity index (χ4n) is 6.93. The SMILES string of the molecule is CC(=O)N[C@H]1[C@H](O[C@H]2[C@H](O[C@H](C)C(=O)N[C@@H](C)C(=O)N[C@H](CCC(=O)O)C(=O)N[C@@H](CCC[C@@H](N)C(=O)O)C(=O)N[C@H](C)C(=O)O)[C@@H](NC(C)=O)[C@@H]3OC[C@H]2O3)O[C@H](CO)[C@@H](O)[C@@H]1O. The van der Waals surface area contributed by atoms with Gasteiger partial charge in [0.25, 0.3) is 0 Å². The number of rotatable bonds is 24. The van der Waals surface area contributed by atoms with Gasteiger partial charge >= 0.3 is 17.9 Å². The van der Waals surface area contributed by atoms with E-state index in [-0.39, 0.29) is 25.9 Å². The molecule has 0 aromatic rings. The lowest BCUT2D eigenvalue weighted by Crippen LogP contribution is -2.68. The van der Waals surface area contributed by atoms with Gasteiger partial charge in [-0.25, -0.2) is 0 Å². The molecule has 0 aromatic heterocycles. The molecule has 16 atom stereocenters. The van der Waals surface area contributed by atoms with Gasteiger partial charge in [0.15, 0.2) is 12.6 Å². The number of hydrogen-bond donors (Lipinski definition) is 13. The van der Waals surface area contributed by atoms with E-state index in [4.69, 9.17) is 34.5 Å². The van der Waals surface area contributed by atoms with E-state index in [1.165, 1.54) is 20.8 Å². The van der Waals surface area contributed by atoms with Gasteiger partial charge < -0.3 is 92.0 Å². The third-order valence-corrected chi connectivity index (χ3v) is 10.4. The molecule has 27 nitrogen and oxygen atoms in total. The molecule has 0 aliphatic carbocycles. The van der Waals surface area contributed by atoms with Crippen LogP contribution >= 0.6 is 0 Å². The molecule has 3 saturated heterocycles. The average molecular weight is 922 g/mol. The summed E-state index contributed by atoms with van der Waals surface area (Å²) in [5, 5.41) is 73.2. The number of amides is 6. The number of carbonyl (C=O) groups is 9. The van der Waals surface area contributed by atoms with Gasteiger partial charge in [-0.2, -0.15) is 0 Å². The Morgan fingerprint density at radius 2 is 1.28 bits per heavy atom. The third-order valence-electron chi connectivity index (χ3n) is 10.4. The molecule has 2 bridgehead atoms. The number of carbonyl (C=O) groups excluding carboxylic acids is 6. The van der Waals surface area contributed by atoms with Crippen LogP contribution in [0.1, 0.15) is 66.7 Å². The maximum absolute atomic E-state index is 13.6. The highest BCUT2D eigenvalue weighted by Crippen LogP contribution is 2.35. The maximum Gasteiger partial charge on any atom is 0.325 e. The molecule has 0 radical (unpaired) electrons. The van der Waals surface area contributed by atoms with Crippen LogP contribution in [0.2, 0.25) is 0 Å². The zero-order valence-corrected chi connectivity index (χ0v) is 35.7. The molecule has 3 aliphatic heterocycles. The van der Waals surface area contributed by atoms with Gasteiger partial charge in [-0.1, -0.05) is 0 Å². The van der Waals surface area contributed by atoms with Crippen LogP contribution in [-0.2, 0) is 66.8 Å². The summed E-state index contributed by atoms with van der Waals surface area (Å²) in [5.41, 5.74) is 5.54. The minimum Gasteiger partial charge on any atom is -0.481 e. The number of carboxylic acid groups (broad SMARTS) is 3. The zero-order valence-electron chi connectivity index (χ0n) is 35.7. The van der Waals surface area contributed by atoms with Crippen molar-refractivity contribution in [2.45, 2.75) is 164 Å². The lowest BCUT2D eigenvalue weighted by Gasteiger charge is -2.47. The fraction of sp³-hybridized carbons (Fsp3) is 0.757. The van der Waals surface area contributed by atoms with Gasteiger partial charge in [0.2, 0.25) is 35.4 Å². The van der Waals surface area contributed by atoms with Crippen LogP contribution in [-0.4, -0.2) is 195 Å². The van der Waals surface area contributed by atoms with E-state index in [2.05, 4.69) is 31.9 Å². The maximum atomic E-state index is 13.6. The number of aliphatic carboxylic acids is 3. The first kappa shape index (κ1) is 53.2. The Hall–Kier alpha value is -5.13. The van der Waals surface area contributed by atoms with E-state index >= 15 is 0 Å². The summed E-state index contributed by atoms with van der Waals surface area (Å²) < 4.78 is 29.7. The van der Waals surface area contributed by atoms with Gasteiger partial charge in [0, 0.05) is 20.3 Å². The minimum atomic E-state index is -1.70. The first-order valence-corrected chi connectivity index (χ1v) is 20.3. The van der Waals surface area contributed by atoms with Crippen LogP contribution in [0, 0.1) is 0 Å². The lowest BCUT2D eigenvalue weighted by atomic mass is 9.95. The summed E-state index contributed by atoms with van der Waals surface area (Å²) in [6, 6.07) is -9.85. The van der Waals surface area contributed by atoms with Crippen molar-refractivity contribution in [3.63, 3.8) is 0 Å². The van der Waals surface area contributed by atoms with Crippen molar-refractivity contribution in [2.24, 2.45) is 5.73 Å². The van der Waals surface area contributed by atoms with Gasteiger partial charge in [-0.05, 0) is 46.5 Å². The molecule has 0 saturated carbocycles. The fourth-order valence-corrected chi connectivity index (χ4v) is 6.93. The molecule has 362 valence electrons. The Labute approximate surface area is 365 Å². The first-order valence-electron chi connectivity index (χ1n) is 20.3. The molecular formula is C37H59N7O20. The summed E-state index contributed by atoms with van der Waals surface area (Å²) in [6.07, 6.45) is -14.0. The van der Waals surface area contributed by atoms with Crippen LogP contribution < -0.4 is 37.6 Å². The number of fused-ring (bicyclic) bond motifs is 2. The van der Waals surface area contributed by atoms with Crippen LogP contribution in [0.5, 0.6) is 0 Å². The highest BCUT2D eigenvalue weighted by atomic mass is 16.8. The summed E-state index contributed by atoms with van der Waals surface area (Å²) in [6.45, 7) is 5.07. The molecule has 64 heavy (non-hydrogen) atoms. The molecular weight excluding hydrogens is 862 g/mol. The van der Waals surface area contributed by atoms with Gasteiger partial charge in [0.05, 0.1) is 13.2 Å². The van der Waals surface area contributed by atoms with Gasteiger partial charge in [-0.3, -0.25) is 43.2 Å². The molecule has 27 heteroatoms. The Kier molecular flexibility index (Phi) is 20.2. The van der Waals surface area contributed by atoms with Crippen LogP contribution in [0.3, 0.4) is 0 Å². The number of nitrogens with two attached hydrogens (primary N) is 1. The van der Waals surface area contributed by atoms with E-state index in [0.29, 0.717) is 0 Å². The number of aliphatic hydroxyl groups excluding tert-OH is 3. The molecule has 14 N–H and O–H groups in total. The molecule has 3 heterocycles. The lowest BCUT2D eigenvalue weighted by molar-refractivity contribution is -0.313. The quantitative estimate of drug-likeness (QED) is 0.0428. The van der Waals surface area contributed by atoms with Crippen molar-refractivity contribution < 1.29 is 97.5 Å². The normalized spacial score (nSPS) is 29.0. The van der Waals surface area contributed by atoms with E-state index < -0.39 is 170 Å². The number of aliphatic hydroxyl groups is 3. The summed E-state index contributed by atoms with van der Waals surface area (Å²) in [5.74, 6) is -9.31. The highest BCUT2D eigenvalue weighted by molar-refractivity contribution is 5.95. The average Bonchev–Trinajstić information content (AvgIpc) is 3.66. The summed E-state index contributed by atoms with van der Waals surface area (Å²) in [4.78, 5) is 112. The number of hydrogen-bond acceptors (Lipinski definition) is 18. The van der Waals surface area contributed by atoms with Crippen LogP contribution in [0.15, 0.2) is 0 Å². The standard InChI is InChI=1S/C37H59N7O20/c1-13(30(52)43-20(9-10-23(48)49)33(55)44-19(8-6-7-18(38)35(58)59)32(54)40-14(2)34(56)57)39-31(53)15(3)61-29-25(42-17(5)47)36-60-12-22(63-36)28(29)64-37-24(41-16(4)46)27(51)26(50)21(11-45)62-37/h13-15,18-22,24-29,36-37,45,50-51H,6-12,38H2,1-5H3,(H,39,53)(H,40,54)(H,41,46)(H,42,47)(H,43,52)(H,44,55)(H,48,49)(H,56,57)(H,58,59)/t13-,14+,15+,18+,19-,20+,21+,22+,24+,25+,26+,27+,28+,29+,36+,37-/m0/s1. The Bertz CT molecular complexity index is 1710. The van der Waals surface area contributed by atoms with Gasteiger partial charge in [-0.15, -0.1) is 0 Å². The zero-order chi connectivity index (χ0) is 48.2. The molecule has 0 aromatic carbocycles. The van der Waals surface area contributed by atoms with Crippen molar-refractivity contribution in [1.82, 2.24) is 31.9 Å². The predicted molar refractivity (Wildman–Crippen MR) is 210 cm³/mol. The second-order valence-corrected chi connectivity index (χ2v) is 15.6. The van der Waals surface area contributed by atoms with Crippen molar-refractivity contribution in [3.8, 4) is 0 Å². The number of carboxylic acids is 3. The molecule has 3 fully saturated rings. The smallest absolute Gasteiger partial charge is 0.325 e. The predicted octanol–water partition coefficient (Wildman–Crippen LogP) is -6.14. The monoisotopic (exact) mass is 921 g/mol. The van der Waals surface area contributed by atoms with Gasteiger partial charge in [0.1, 0.15) is 85.0 Å². The van der Waals surface area contributed by atoms with E-state index in [9.17, 15) is 68.7 Å². The number of ether oxygens (including phenoxy) is 5. The largest absolute Gasteiger partial charge is 0.481 e. The second-order valence-electron chi connectivity index (χ2n) is 15.6. The molecule has 0 spiro atoms. The van der Waals surface area contributed by atoms with Crippen molar-refractivity contribution in [2.75, 3.05) is 13.2 Å². The van der Waals surface area contributed by atoms with Crippen molar-refractivity contribution in [1.29, 1.82) is 0 Å². The van der Waals surface area contributed by atoms with Crippen LogP contribution in [0.4, 0.5) is 0 Å². The van der Waals surface area contributed by atoms with E-state index in [1.54, 1.807) is 0 Å². The Morgan fingerprint density at radius 3 is 1.86 bits per heavy atom. The first-order chi connectivity index (χ1) is 29.9. The van der Waals surface area contributed by atoms with Crippen molar-refractivity contribution >= 4 is 53.4 Å². The van der Waals surface area contributed by atoms with Crippen molar-refractivity contribution in [3.05, 3.63) is 0 Å². The Balaban J connectivity index is 1.79.